The van der Waals surface area contributed by atoms with Crippen LogP contribution >= 0.6 is 11.6 Å². The number of sulfonamides is 1. The van der Waals surface area contributed by atoms with E-state index in [-0.39, 0.29) is 22.9 Å². The van der Waals surface area contributed by atoms with Gasteiger partial charge in [0.1, 0.15) is 0 Å². The first-order valence-electron chi connectivity index (χ1n) is 10.0. The van der Waals surface area contributed by atoms with Crippen molar-refractivity contribution < 1.29 is 18.3 Å². The molecule has 1 unspecified atom stereocenters. The second kappa shape index (κ2) is 11.1. The summed E-state index contributed by atoms with van der Waals surface area (Å²) in [5, 5.41) is 12.8. The van der Waals surface area contributed by atoms with Gasteiger partial charge in [0.15, 0.2) is 0 Å². The van der Waals surface area contributed by atoms with Gasteiger partial charge in [-0.2, -0.15) is 0 Å². The van der Waals surface area contributed by atoms with Gasteiger partial charge in [0.2, 0.25) is 10.0 Å². The van der Waals surface area contributed by atoms with Gasteiger partial charge >= 0.3 is 5.97 Å². The summed E-state index contributed by atoms with van der Waals surface area (Å²) >= 11 is 5.95. The quantitative estimate of drug-likeness (QED) is 0.362. The van der Waals surface area contributed by atoms with Gasteiger partial charge in [0.05, 0.1) is 22.7 Å². The van der Waals surface area contributed by atoms with Crippen molar-refractivity contribution in [2.75, 3.05) is 17.7 Å². The lowest BCUT2D eigenvalue weighted by Gasteiger charge is -2.19. The summed E-state index contributed by atoms with van der Waals surface area (Å²) in [7, 11) is -3.91. The number of aromatic nitrogens is 1. The topological polar surface area (TPSA) is 108 Å². The summed E-state index contributed by atoms with van der Waals surface area (Å²) in [6.07, 6.45) is 2.28. The van der Waals surface area contributed by atoms with Crippen molar-refractivity contribution in [1.82, 2.24) is 9.71 Å². The lowest BCUT2D eigenvalue weighted by molar-refractivity contribution is 0.0697. The number of hydrogen-bond acceptors (Lipinski definition) is 5. The molecule has 3 aromatic rings. The maximum absolute atomic E-state index is 12.7. The zero-order valence-electron chi connectivity index (χ0n) is 17.2. The molecule has 0 amide bonds. The molecule has 1 atom stereocenters. The van der Waals surface area contributed by atoms with Crippen LogP contribution < -0.4 is 10.0 Å². The molecule has 0 bridgehead atoms. The highest BCUT2D eigenvalue weighted by Gasteiger charge is 2.20. The number of nitrogens with one attached hydrogen (secondary N) is 2. The van der Waals surface area contributed by atoms with Crippen molar-refractivity contribution in [3.05, 3.63) is 89.7 Å². The van der Waals surface area contributed by atoms with E-state index in [0.29, 0.717) is 30.2 Å². The van der Waals surface area contributed by atoms with E-state index in [4.69, 9.17) is 11.6 Å². The molecule has 0 saturated heterocycles. The number of aromatic carboxylic acids is 1. The molecule has 32 heavy (non-hydrogen) atoms. The Hall–Kier alpha value is -2.94. The number of pyridine rings is 1. The molecular formula is C23H24ClN3O4S. The first-order chi connectivity index (χ1) is 15.4. The van der Waals surface area contributed by atoms with Gasteiger partial charge in [-0.1, -0.05) is 36.4 Å². The Morgan fingerprint density at radius 1 is 1.06 bits per heavy atom. The lowest BCUT2D eigenvalue weighted by Crippen LogP contribution is -2.24. The fourth-order valence-corrected chi connectivity index (χ4v) is 4.54. The van der Waals surface area contributed by atoms with Crippen LogP contribution in [0.1, 0.15) is 34.0 Å². The van der Waals surface area contributed by atoms with Crippen LogP contribution in [0.3, 0.4) is 0 Å². The third-order valence-corrected chi connectivity index (χ3v) is 6.59. The zero-order valence-corrected chi connectivity index (χ0v) is 18.8. The molecule has 168 valence electrons. The largest absolute Gasteiger partial charge is 0.478 e. The van der Waals surface area contributed by atoms with Gasteiger partial charge in [-0.15, -0.1) is 11.6 Å². The van der Waals surface area contributed by atoms with Crippen LogP contribution in [0.5, 0.6) is 0 Å². The average molecular weight is 474 g/mol. The van der Waals surface area contributed by atoms with E-state index in [9.17, 15) is 18.3 Å². The highest BCUT2D eigenvalue weighted by Crippen LogP contribution is 2.25. The minimum Gasteiger partial charge on any atom is -0.478 e. The van der Waals surface area contributed by atoms with Gasteiger partial charge in [0.25, 0.3) is 0 Å². The summed E-state index contributed by atoms with van der Waals surface area (Å²) in [5.74, 6) is -0.673. The number of halogens is 1. The van der Waals surface area contributed by atoms with Crippen molar-refractivity contribution in [2.24, 2.45) is 0 Å². The van der Waals surface area contributed by atoms with Crippen LogP contribution in [0.25, 0.3) is 0 Å². The lowest BCUT2D eigenvalue weighted by atomic mass is 9.96. The van der Waals surface area contributed by atoms with E-state index in [0.717, 1.165) is 11.6 Å². The van der Waals surface area contributed by atoms with E-state index in [2.05, 4.69) is 15.0 Å². The molecule has 0 aliphatic carbocycles. The number of carboxylic acid groups (broad SMARTS) is 1. The van der Waals surface area contributed by atoms with Crippen molar-refractivity contribution >= 4 is 33.3 Å². The average Bonchev–Trinajstić information content (AvgIpc) is 2.81. The fourth-order valence-electron chi connectivity index (χ4n) is 3.25. The molecule has 0 fully saturated rings. The Balaban J connectivity index is 1.77. The number of carboxylic acids is 1. The molecule has 0 aliphatic heterocycles. The number of rotatable bonds is 11. The second-order valence-corrected chi connectivity index (χ2v) is 9.27. The Morgan fingerprint density at radius 2 is 1.81 bits per heavy atom. The van der Waals surface area contributed by atoms with Gasteiger partial charge in [-0.3, -0.25) is 4.98 Å². The third kappa shape index (κ3) is 6.29. The van der Waals surface area contributed by atoms with Crippen LogP contribution in [-0.4, -0.2) is 36.9 Å². The van der Waals surface area contributed by atoms with E-state index < -0.39 is 16.0 Å². The highest BCUT2D eigenvalue weighted by molar-refractivity contribution is 7.89. The molecule has 0 saturated carbocycles. The standard InChI is InChI=1S/C23H24ClN3O4S/c24-12-11-18(17-6-2-1-3-7-17)15-26-22-10-9-20(14-21(22)23(28)29)32(30,31)27-16-19-8-4-5-13-25-19/h1-10,13-14,18,26-27H,11-12,15-16H2,(H,28,29). The Morgan fingerprint density at radius 3 is 2.47 bits per heavy atom. The predicted octanol–water partition coefficient (Wildman–Crippen LogP) is 4.08. The van der Waals surface area contributed by atoms with E-state index in [1.807, 2.05) is 30.3 Å². The minimum atomic E-state index is -3.91. The second-order valence-electron chi connectivity index (χ2n) is 7.12. The summed E-state index contributed by atoms with van der Waals surface area (Å²) in [6.45, 7) is 0.462. The first-order valence-corrected chi connectivity index (χ1v) is 12.0. The van der Waals surface area contributed by atoms with E-state index in [1.54, 1.807) is 24.4 Å². The van der Waals surface area contributed by atoms with Crippen LogP contribution in [0.15, 0.2) is 77.8 Å². The normalized spacial score (nSPS) is 12.3. The number of hydrogen-bond donors (Lipinski definition) is 3. The first kappa shape index (κ1) is 23.7. The Kier molecular flexibility index (Phi) is 8.21. The SMILES string of the molecule is O=C(O)c1cc(S(=O)(=O)NCc2ccccn2)ccc1NCC(CCCl)c1ccccc1. The number of nitrogens with zero attached hydrogens (tertiary/aromatic N) is 1. The maximum Gasteiger partial charge on any atom is 0.337 e. The third-order valence-electron chi connectivity index (χ3n) is 4.97. The molecule has 2 aromatic carbocycles. The van der Waals surface area contributed by atoms with E-state index >= 15 is 0 Å². The van der Waals surface area contributed by atoms with Gasteiger partial charge < -0.3 is 10.4 Å². The summed E-state index contributed by atoms with van der Waals surface area (Å²) in [5.41, 5.74) is 1.87. The number of benzene rings is 2. The van der Waals surface area contributed by atoms with Crippen molar-refractivity contribution in [1.29, 1.82) is 0 Å². The summed E-state index contributed by atoms with van der Waals surface area (Å²) in [6, 6.07) is 19.0. The van der Waals surface area contributed by atoms with Gasteiger partial charge in [-0.25, -0.2) is 17.9 Å². The molecular weight excluding hydrogens is 450 g/mol. The van der Waals surface area contributed by atoms with Crippen molar-refractivity contribution in [2.45, 2.75) is 23.8 Å². The van der Waals surface area contributed by atoms with Gasteiger partial charge in [-0.05, 0) is 42.3 Å². The summed E-state index contributed by atoms with van der Waals surface area (Å²) < 4.78 is 27.8. The Labute approximate surface area is 192 Å². The molecule has 0 aliphatic rings. The van der Waals surface area contributed by atoms with Crippen molar-refractivity contribution in [3.8, 4) is 0 Å². The monoisotopic (exact) mass is 473 g/mol. The van der Waals surface area contributed by atoms with Gasteiger partial charge in [0, 0.05) is 30.2 Å². The maximum atomic E-state index is 12.7. The fraction of sp³-hybridized carbons (Fsp3) is 0.217. The highest BCUT2D eigenvalue weighted by atomic mass is 35.5. The van der Waals surface area contributed by atoms with Crippen LogP contribution in [0.2, 0.25) is 0 Å². The van der Waals surface area contributed by atoms with E-state index in [1.165, 1.54) is 12.1 Å². The zero-order chi connectivity index (χ0) is 23.0. The van der Waals surface area contributed by atoms with Crippen molar-refractivity contribution in [3.63, 3.8) is 0 Å². The number of anilines is 1. The number of carbonyl (C=O) groups is 1. The van der Waals surface area contributed by atoms with Crippen LogP contribution in [-0.2, 0) is 16.6 Å². The molecule has 3 N–H and O–H groups in total. The Bertz CT molecular complexity index is 1140. The molecule has 0 radical (unpaired) electrons. The minimum absolute atomic E-state index is 0.00274. The van der Waals surface area contributed by atoms with Crippen LogP contribution in [0.4, 0.5) is 5.69 Å². The molecule has 7 nitrogen and oxygen atoms in total. The molecule has 9 heteroatoms. The predicted molar refractivity (Wildman–Crippen MR) is 125 cm³/mol. The molecule has 1 aromatic heterocycles. The molecule has 0 spiro atoms. The molecule has 1 heterocycles. The number of alkyl halides is 1. The summed E-state index contributed by atoms with van der Waals surface area (Å²) in [4.78, 5) is 15.8. The smallest absolute Gasteiger partial charge is 0.337 e. The molecule has 3 rings (SSSR count). The van der Waals surface area contributed by atoms with Crippen LogP contribution in [0, 0.1) is 0 Å².